The number of ether oxygens (including phenoxy) is 1. The highest BCUT2D eigenvalue weighted by atomic mass is 19.4. The van der Waals surface area contributed by atoms with Gasteiger partial charge in [0.25, 0.3) is 5.91 Å². The van der Waals surface area contributed by atoms with E-state index in [1.807, 2.05) is 6.07 Å². The summed E-state index contributed by atoms with van der Waals surface area (Å²) in [5, 5.41) is 3.53. The lowest BCUT2D eigenvalue weighted by atomic mass is 9.78. The van der Waals surface area contributed by atoms with Crippen molar-refractivity contribution in [2.75, 3.05) is 13.7 Å². The van der Waals surface area contributed by atoms with E-state index in [1.165, 1.54) is 25.4 Å². The molecule has 0 aliphatic heterocycles. The number of halogens is 3. The Labute approximate surface area is 184 Å². The van der Waals surface area contributed by atoms with Gasteiger partial charge in [0, 0.05) is 30.4 Å². The number of nitrogens with one attached hydrogen (secondary N) is 1. The molecule has 3 aromatic rings. The third-order valence-corrected chi connectivity index (χ3v) is 6.15. The third kappa shape index (κ3) is 4.84. The van der Waals surface area contributed by atoms with Gasteiger partial charge in [-0.05, 0) is 73.4 Å². The number of methoxy groups -OCH3 is 1. The molecule has 1 fully saturated rings. The van der Waals surface area contributed by atoms with Crippen LogP contribution in [0.1, 0.15) is 53.1 Å². The van der Waals surface area contributed by atoms with Crippen molar-refractivity contribution in [3.8, 4) is 5.88 Å². The normalized spacial score (nSPS) is 19.0. The summed E-state index contributed by atoms with van der Waals surface area (Å²) in [7, 11) is 1.52. The maximum absolute atomic E-state index is 13.2. The molecular weight excluding hydrogens is 419 g/mol. The van der Waals surface area contributed by atoms with Gasteiger partial charge in [0.1, 0.15) is 0 Å². The summed E-state index contributed by atoms with van der Waals surface area (Å²) in [5.74, 6) is 0.787. The minimum absolute atomic E-state index is 0.179. The van der Waals surface area contributed by atoms with Crippen LogP contribution in [0.3, 0.4) is 0 Å². The first-order chi connectivity index (χ1) is 15.3. The molecule has 1 aliphatic carbocycles. The van der Waals surface area contributed by atoms with E-state index in [9.17, 15) is 18.0 Å². The lowest BCUT2D eigenvalue weighted by Gasteiger charge is -2.29. The predicted molar refractivity (Wildman–Crippen MR) is 115 cm³/mol. The Bertz CT molecular complexity index is 1090. The van der Waals surface area contributed by atoms with E-state index < -0.39 is 11.7 Å². The van der Waals surface area contributed by atoms with Crippen LogP contribution < -0.4 is 10.1 Å². The number of fused-ring (bicyclic) bond motifs is 1. The molecule has 2 aromatic heterocycles. The Hall–Kier alpha value is -3.16. The van der Waals surface area contributed by atoms with Gasteiger partial charge >= 0.3 is 6.18 Å². The molecule has 32 heavy (non-hydrogen) atoms. The summed E-state index contributed by atoms with van der Waals surface area (Å²) < 4.78 is 44.6. The summed E-state index contributed by atoms with van der Waals surface area (Å²) in [5.41, 5.74) is 1.33. The van der Waals surface area contributed by atoms with Gasteiger partial charge in [0.15, 0.2) is 0 Å². The Morgan fingerprint density at radius 1 is 1.09 bits per heavy atom. The van der Waals surface area contributed by atoms with Crippen molar-refractivity contribution in [3.63, 3.8) is 0 Å². The van der Waals surface area contributed by atoms with Crippen LogP contribution in [0.2, 0.25) is 0 Å². The topological polar surface area (TPSA) is 64.1 Å². The number of pyridine rings is 2. The first kappa shape index (κ1) is 22.0. The number of rotatable bonds is 5. The molecule has 4 rings (SSSR count). The van der Waals surface area contributed by atoms with Crippen LogP contribution in [-0.2, 0) is 6.18 Å². The molecule has 0 atom stereocenters. The van der Waals surface area contributed by atoms with Crippen LogP contribution in [0.4, 0.5) is 13.2 Å². The van der Waals surface area contributed by atoms with E-state index in [2.05, 4.69) is 15.3 Å². The highest BCUT2D eigenvalue weighted by Crippen LogP contribution is 2.39. The molecule has 1 N–H and O–H groups in total. The van der Waals surface area contributed by atoms with Crippen LogP contribution in [0.15, 0.2) is 48.8 Å². The Morgan fingerprint density at radius 3 is 2.53 bits per heavy atom. The van der Waals surface area contributed by atoms with E-state index >= 15 is 0 Å². The van der Waals surface area contributed by atoms with Crippen LogP contribution in [-0.4, -0.2) is 29.5 Å². The fourth-order valence-electron chi connectivity index (χ4n) is 4.35. The molecule has 5 nitrogen and oxygen atoms in total. The number of alkyl halides is 3. The average Bonchev–Trinajstić information content (AvgIpc) is 2.81. The van der Waals surface area contributed by atoms with Crippen molar-refractivity contribution in [1.82, 2.24) is 15.3 Å². The molecule has 1 saturated carbocycles. The summed E-state index contributed by atoms with van der Waals surface area (Å²) >= 11 is 0. The van der Waals surface area contributed by atoms with E-state index in [0.717, 1.165) is 37.3 Å². The standard InChI is InChI=1S/C24H24F3N3O2/c1-32-22-9-6-17(14-29-22)23(31)30-13-15-2-4-16(5-3-15)19-10-11-28-21-8-7-18(12-20(19)21)24(25,26)27/h6-12,14-16H,2-5,13H2,1H3,(H,30,31). The summed E-state index contributed by atoms with van der Waals surface area (Å²) in [6.45, 7) is 0.562. The summed E-state index contributed by atoms with van der Waals surface area (Å²) in [6, 6.07) is 8.89. The molecule has 0 saturated heterocycles. The first-order valence-electron chi connectivity index (χ1n) is 10.6. The van der Waals surface area contributed by atoms with E-state index in [-0.39, 0.29) is 11.8 Å². The van der Waals surface area contributed by atoms with Gasteiger partial charge < -0.3 is 10.1 Å². The van der Waals surface area contributed by atoms with Crippen molar-refractivity contribution in [3.05, 3.63) is 65.5 Å². The molecule has 0 unspecified atom stereocenters. The summed E-state index contributed by atoms with van der Waals surface area (Å²) in [4.78, 5) is 20.6. The molecule has 0 spiro atoms. The maximum atomic E-state index is 13.2. The second kappa shape index (κ2) is 9.14. The minimum atomic E-state index is -4.38. The monoisotopic (exact) mass is 443 g/mol. The third-order valence-electron chi connectivity index (χ3n) is 6.15. The molecule has 168 valence electrons. The Balaban J connectivity index is 1.38. The van der Waals surface area contributed by atoms with Crippen LogP contribution in [0, 0.1) is 5.92 Å². The van der Waals surface area contributed by atoms with E-state index in [1.54, 1.807) is 18.3 Å². The van der Waals surface area contributed by atoms with Gasteiger partial charge in [0.2, 0.25) is 5.88 Å². The number of aromatic nitrogens is 2. The zero-order chi connectivity index (χ0) is 22.7. The van der Waals surface area contributed by atoms with E-state index in [4.69, 9.17) is 4.74 Å². The van der Waals surface area contributed by atoms with Crippen LogP contribution in [0.25, 0.3) is 10.9 Å². The first-order valence-corrected chi connectivity index (χ1v) is 10.6. The van der Waals surface area contributed by atoms with Gasteiger partial charge in [-0.2, -0.15) is 13.2 Å². The number of carbonyl (C=O) groups is 1. The average molecular weight is 443 g/mol. The van der Waals surface area contributed by atoms with Crippen LogP contribution >= 0.6 is 0 Å². The second-order valence-electron chi connectivity index (χ2n) is 8.15. The predicted octanol–water partition coefficient (Wildman–Crippen LogP) is 5.36. The number of nitrogens with zero attached hydrogens (tertiary/aromatic N) is 2. The Morgan fingerprint density at radius 2 is 1.88 bits per heavy atom. The molecule has 1 aromatic carbocycles. The fraction of sp³-hybridized carbons (Fsp3) is 0.375. The van der Waals surface area contributed by atoms with Gasteiger partial charge in [-0.15, -0.1) is 0 Å². The van der Waals surface area contributed by atoms with Gasteiger partial charge in [-0.1, -0.05) is 0 Å². The van der Waals surface area contributed by atoms with Crippen LogP contribution in [0.5, 0.6) is 5.88 Å². The smallest absolute Gasteiger partial charge is 0.416 e. The molecule has 0 radical (unpaired) electrons. The quantitative estimate of drug-likeness (QED) is 0.577. The molecule has 8 heteroatoms. The van der Waals surface area contributed by atoms with Gasteiger partial charge in [-0.25, -0.2) is 4.98 Å². The minimum Gasteiger partial charge on any atom is -0.481 e. The second-order valence-corrected chi connectivity index (χ2v) is 8.15. The molecule has 1 aliphatic rings. The molecule has 2 heterocycles. The molecular formula is C24H24F3N3O2. The largest absolute Gasteiger partial charge is 0.481 e. The number of amides is 1. The van der Waals surface area contributed by atoms with Crippen molar-refractivity contribution in [1.29, 1.82) is 0 Å². The van der Waals surface area contributed by atoms with Crippen molar-refractivity contribution < 1.29 is 22.7 Å². The SMILES string of the molecule is COc1ccc(C(=O)NCC2CCC(c3ccnc4ccc(C(F)(F)F)cc34)CC2)cn1. The van der Waals surface area contributed by atoms with Crippen molar-refractivity contribution >= 4 is 16.8 Å². The maximum Gasteiger partial charge on any atom is 0.416 e. The number of hydrogen-bond donors (Lipinski definition) is 1. The number of benzene rings is 1. The molecule has 1 amide bonds. The lowest BCUT2D eigenvalue weighted by Crippen LogP contribution is -2.31. The Kier molecular flexibility index (Phi) is 6.30. The fourth-order valence-corrected chi connectivity index (χ4v) is 4.35. The zero-order valence-corrected chi connectivity index (χ0v) is 17.7. The number of hydrogen-bond acceptors (Lipinski definition) is 4. The van der Waals surface area contributed by atoms with Gasteiger partial charge in [0.05, 0.1) is 23.8 Å². The highest BCUT2D eigenvalue weighted by molar-refractivity contribution is 5.93. The molecule has 0 bridgehead atoms. The lowest BCUT2D eigenvalue weighted by molar-refractivity contribution is -0.137. The van der Waals surface area contributed by atoms with Crippen molar-refractivity contribution in [2.24, 2.45) is 5.92 Å². The van der Waals surface area contributed by atoms with Crippen molar-refractivity contribution in [2.45, 2.75) is 37.8 Å². The number of carbonyl (C=O) groups excluding carboxylic acids is 1. The zero-order valence-electron chi connectivity index (χ0n) is 17.7. The highest BCUT2D eigenvalue weighted by Gasteiger charge is 2.31. The summed E-state index contributed by atoms with van der Waals surface area (Å²) in [6.07, 6.45) is 2.29. The van der Waals surface area contributed by atoms with Gasteiger partial charge in [-0.3, -0.25) is 9.78 Å². The van der Waals surface area contributed by atoms with E-state index in [0.29, 0.717) is 34.8 Å².